The minimum absolute atomic E-state index is 0.0251. The van der Waals surface area contributed by atoms with Crippen molar-refractivity contribution in [1.29, 1.82) is 0 Å². The van der Waals surface area contributed by atoms with E-state index in [2.05, 4.69) is 67.0 Å². The Morgan fingerprint density at radius 2 is 1.00 bits per heavy atom. The van der Waals surface area contributed by atoms with Gasteiger partial charge in [0.1, 0.15) is 34.9 Å². The van der Waals surface area contributed by atoms with Gasteiger partial charge in [0.05, 0.1) is 10.8 Å². The fourth-order valence-corrected chi connectivity index (χ4v) is 6.82. The van der Waals surface area contributed by atoms with Crippen LogP contribution in [0.2, 0.25) is 0 Å². The topological polar surface area (TPSA) is 48.0 Å². The SMILES string of the molecule is C[C@@H]1Oc2cccc3op(N([C@@H](C)c4ccccc4)[C@@H](C)c4ccccc4)oc4cccc(c4c23)O[C@H]1C. The van der Waals surface area contributed by atoms with Gasteiger partial charge in [-0.2, -0.15) is 4.67 Å². The van der Waals surface area contributed by atoms with Gasteiger partial charge in [0.15, 0.2) is 0 Å². The molecular formula is C32H32NO4P. The first-order valence-corrected chi connectivity index (χ1v) is 14.3. The molecule has 4 atom stereocenters. The molecule has 38 heavy (non-hydrogen) atoms. The monoisotopic (exact) mass is 525 g/mol. The van der Waals surface area contributed by atoms with Crippen LogP contribution in [0.3, 0.4) is 0 Å². The predicted octanol–water partition coefficient (Wildman–Crippen LogP) is 9.30. The lowest BCUT2D eigenvalue weighted by atomic mass is 10.0. The fraction of sp³-hybridized carbons (Fsp3) is 0.250. The van der Waals surface area contributed by atoms with Crippen LogP contribution < -0.4 is 14.1 Å². The van der Waals surface area contributed by atoms with E-state index in [0.29, 0.717) is 0 Å². The summed E-state index contributed by atoms with van der Waals surface area (Å²) < 4.78 is 28.8. The van der Waals surface area contributed by atoms with Crippen LogP contribution in [-0.4, -0.2) is 12.2 Å². The van der Waals surface area contributed by atoms with Crippen LogP contribution in [0, 0.1) is 0 Å². The van der Waals surface area contributed by atoms with Gasteiger partial charge >= 0.3 is 8.16 Å². The van der Waals surface area contributed by atoms with Gasteiger partial charge in [-0.15, -0.1) is 0 Å². The number of ether oxygens (including phenoxy) is 2. The molecule has 0 fully saturated rings. The van der Waals surface area contributed by atoms with E-state index in [-0.39, 0.29) is 24.3 Å². The maximum Gasteiger partial charge on any atom is 0.310 e. The van der Waals surface area contributed by atoms with Gasteiger partial charge in [-0.3, -0.25) is 0 Å². The fourth-order valence-electron chi connectivity index (χ4n) is 5.12. The summed E-state index contributed by atoms with van der Waals surface area (Å²) in [5, 5.41) is 1.75. The van der Waals surface area contributed by atoms with Crippen LogP contribution >= 0.6 is 8.16 Å². The Kier molecular flexibility index (Phi) is 6.65. The van der Waals surface area contributed by atoms with Gasteiger partial charge in [-0.25, -0.2) is 0 Å². The van der Waals surface area contributed by atoms with Crippen LogP contribution in [0.5, 0.6) is 11.5 Å². The second kappa shape index (κ2) is 10.2. The molecule has 5 aromatic rings. The van der Waals surface area contributed by atoms with Crippen molar-refractivity contribution >= 4 is 30.1 Å². The number of hydrogen-bond donors (Lipinski definition) is 0. The normalized spacial score (nSPS) is 18.4. The van der Waals surface area contributed by atoms with E-state index >= 15 is 0 Å². The van der Waals surface area contributed by atoms with Gasteiger partial charge in [0.2, 0.25) is 0 Å². The van der Waals surface area contributed by atoms with Gasteiger partial charge in [-0.1, -0.05) is 72.8 Å². The van der Waals surface area contributed by atoms with Crippen molar-refractivity contribution in [2.24, 2.45) is 0 Å². The molecule has 5 nitrogen and oxygen atoms in total. The highest BCUT2D eigenvalue weighted by molar-refractivity contribution is 7.39. The first-order chi connectivity index (χ1) is 18.5. The average Bonchev–Trinajstić information content (AvgIpc) is 3.11. The molecule has 0 spiro atoms. The lowest BCUT2D eigenvalue weighted by molar-refractivity contribution is 0.0786. The summed E-state index contributed by atoms with van der Waals surface area (Å²) in [5.74, 6) is 1.55. The van der Waals surface area contributed by atoms with Crippen molar-refractivity contribution in [3.05, 3.63) is 108 Å². The molecule has 6 rings (SSSR count). The average molecular weight is 526 g/mol. The van der Waals surface area contributed by atoms with E-state index in [4.69, 9.17) is 17.9 Å². The molecule has 0 unspecified atom stereocenters. The standard InChI is InChI=1S/C32H32NO4P/c1-21(25-13-7-5-8-14-25)33(22(2)26-15-9-6-10-16-26)38-36-29-19-11-17-27-31(29)32-28(18-12-20-30(32)37-38)35-24(4)23(3)34-27/h5-24H,1-4H3/t21-,22-,23-,24-/m0/s1. The third-order valence-corrected chi connectivity index (χ3v) is 9.19. The lowest BCUT2D eigenvalue weighted by Gasteiger charge is -2.31. The van der Waals surface area contributed by atoms with E-state index < -0.39 is 8.16 Å². The summed E-state index contributed by atoms with van der Waals surface area (Å²) in [6.45, 7) is 8.50. The third-order valence-electron chi connectivity index (χ3n) is 7.41. The largest absolute Gasteiger partial charge is 0.486 e. The molecular weight excluding hydrogens is 493 g/mol. The Hall–Kier alpha value is -3.66. The van der Waals surface area contributed by atoms with Gasteiger partial charge < -0.3 is 17.9 Å². The molecule has 0 radical (unpaired) electrons. The summed E-state index contributed by atoms with van der Waals surface area (Å²) in [5.41, 5.74) is 3.86. The minimum Gasteiger partial charge on any atom is -0.486 e. The van der Waals surface area contributed by atoms with Crippen LogP contribution in [0.1, 0.15) is 50.9 Å². The molecule has 0 N–H and O–H groups in total. The van der Waals surface area contributed by atoms with Crippen molar-refractivity contribution in [2.75, 3.05) is 4.67 Å². The highest BCUT2D eigenvalue weighted by Gasteiger charge is 2.30. The number of rotatable bonds is 5. The zero-order valence-corrected chi connectivity index (χ0v) is 23.0. The molecule has 4 aromatic carbocycles. The van der Waals surface area contributed by atoms with Gasteiger partial charge in [0.25, 0.3) is 0 Å². The molecule has 0 saturated heterocycles. The third kappa shape index (κ3) is 4.47. The van der Waals surface area contributed by atoms with E-state index in [9.17, 15) is 0 Å². The first kappa shape index (κ1) is 24.7. The van der Waals surface area contributed by atoms with Crippen molar-refractivity contribution in [2.45, 2.75) is 52.0 Å². The second-order valence-electron chi connectivity index (χ2n) is 9.88. The molecule has 6 heteroatoms. The number of benzene rings is 4. The molecule has 1 aromatic heterocycles. The first-order valence-electron chi connectivity index (χ1n) is 13.1. The van der Waals surface area contributed by atoms with E-state index in [0.717, 1.165) is 33.4 Å². The summed E-state index contributed by atoms with van der Waals surface area (Å²) in [4.78, 5) is 0. The van der Waals surface area contributed by atoms with E-state index in [1.165, 1.54) is 11.1 Å². The molecule has 194 valence electrons. The lowest BCUT2D eigenvalue weighted by Crippen LogP contribution is -2.32. The molecule has 2 heterocycles. The van der Waals surface area contributed by atoms with Crippen LogP contribution in [0.25, 0.3) is 21.9 Å². The van der Waals surface area contributed by atoms with Crippen LogP contribution in [0.15, 0.2) is 105 Å². The predicted molar refractivity (Wildman–Crippen MR) is 154 cm³/mol. The zero-order valence-electron chi connectivity index (χ0n) is 22.1. The van der Waals surface area contributed by atoms with E-state index in [1.807, 2.05) is 62.4 Å². The van der Waals surface area contributed by atoms with Gasteiger partial charge in [0, 0.05) is 12.1 Å². The smallest absolute Gasteiger partial charge is 0.310 e. The number of hydrogen-bond acceptors (Lipinski definition) is 5. The summed E-state index contributed by atoms with van der Waals surface area (Å²) in [7, 11) is -1.58. The Balaban J connectivity index is 1.65. The van der Waals surface area contributed by atoms with Gasteiger partial charge in [-0.05, 0) is 63.1 Å². The Morgan fingerprint density at radius 1 is 0.579 bits per heavy atom. The Labute approximate surface area is 224 Å². The van der Waals surface area contributed by atoms with E-state index in [1.54, 1.807) is 0 Å². The molecule has 0 amide bonds. The molecule has 0 aliphatic carbocycles. The quantitative estimate of drug-likeness (QED) is 0.229. The summed E-state index contributed by atoms with van der Waals surface area (Å²) >= 11 is 0. The molecule has 0 bridgehead atoms. The Morgan fingerprint density at radius 3 is 1.42 bits per heavy atom. The maximum atomic E-state index is 6.85. The molecule has 0 saturated carbocycles. The Bertz CT molecular complexity index is 1480. The summed E-state index contributed by atoms with van der Waals surface area (Å²) in [6.07, 6.45) is -0.256. The minimum atomic E-state index is -1.58. The highest BCUT2D eigenvalue weighted by Crippen LogP contribution is 2.48. The second-order valence-corrected chi connectivity index (χ2v) is 11.2. The van der Waals surface area contributed by atoms with Crippen molar-refractivity contribution in [1.82, 2.24) is 0 Å². The summed E-state index contributed by atoms with van der Waals surface area (Å²) in [6, 6.07) is 33.1. The van der Waals surface area contributed by atoms with Crippen molar-refractivity contribution in [3.63, 3.8) is 0 Å². The van der Waals surface area contributed by atoms with Crippen LogP contribution in [-0.2, 0) is 0 Å². The zero-order chi connectivity index (χ0) is 26.2. The number of nitrogens with zero attached hydrogens (tertiary/aromatic N) is 1. The van der Waals surface area contributed by atoms with Crippen molar-refractivity contribution in [3.8, 4) is 11.5 Å². The van der Waals surface area contributed by atoms with Crippen LogP contribution in [0.4, 0.5) is 0 Å². The molecule has 1 aliphatic rings. The van der Waals surface area contributed by atoms with Crippen molar-refractivity contribution < 1.29 is 17.9 Å². The maximum absolute atomic E-state index is 6.85. The molecule has 1 aliphatic heterocycles. The highest BCUT2D eigenvalue weighted by atomic mass is 31.1.